The highest BCUT2D eigenvalue weighted by Gasteiger charge is 2.32. The molecule has 1 aliphatic rings. The van der Waals surface area contributed by atoms with Gasteiger partial charge in [0.1, 0.15) is 11.8 Å². The largest absolute Gasteiger partial charge is 0.482 e. The van der Waals surface area contributed by atoms with Gasteiger partial charge in [0.25, 0.3) is 5.91 Å². The molecule has 0 saturated carbocycles. The van der Waals surface area contributed by atoms with E-state index in [4.69, 9.17) is 14.7 Å². The number of carbonyl (C=O) groups excluding carboxylic acids is 1. The number of morpholine rings is 1. The predicted molar refractivity (Wildman–Crippen MR) is 99.8 cm³/mol. The van der Waals surface area contributed by atoms with E-state index in [1.165, 1.54) is 18.2 Å². The van der Waals surface area contributed by atoms with Crippen molar-refractivity contribution in [1.29, 1.82) is 5.26 Å². The van der Waals surface area contributed by atoms with Crippen molar-refractivity contribution in [2.24, 2.45) is 0 Å². The third-order valence-corrected chi connectivity index (χ3v) is 4.32. The number of benzene rings is 2. The molecule has 1 aliphatic heterocycles. The number of hydrogen-bond acceptors (Lipinski definition) is 5. The van der Waals surface area contributed by atoms with Crippen LogP contribution in [0, 0.1) is 11.3 Å². The number of anilines is 2. The maximum absolute atomic E-state index is 13.1. The van der Waals surface area contributed by atoms with Gasteiger partial charge >= 0.3 is 6.18 Å². The lowest BCUT2D eigenvalue weighted by Crippen LogP contribution is -2.37. The maximum Gasteiger partial charge on any atom is 0.416 e. The number of rotatable bonds is 5. The minimum Gasteiger partial charge on any atom is -0.482 e. The molecule has 29 heavy (non-hydrogen) atoms. The normalized spacial score (nSPS) is 14.2. The lowest BCUT2D eigenvalue weighted by molar-refractivity contribution is -0.137. The molecule has 1 fully saturated rings. The van der Waals surface area contributed by atoms with Crippen LogP contribution < -0.4 is 15.0 Å². The molecule has 1 heterocycles. The van der Waals surface area contributed by atoms with Crippen LogP contribution in [0.2, 0.25) is 0 Å². The third kappa shape index (κ3) is 5.18. The van der Waals surface area contributed by atoms with Crippen LogP contribution in [-0.4, -0.2) is 38.8 Å². The van der Waals surface area contributed by atoms with E-state index in [0.29, 0.717) is 32.0 Å². The van der Waals surface area contributed by atoms with E-state index < -0.39 is 24.3 Å². The Hall–Kier alpha value is -3.25. The van der Waals surface area contributed by atoms with Crippen molar-refractivity contribution in [2.45, 2.75) is 6.18 Å². The van der Waals surface area contributed by atoms with Crippen LogP contribution in [0.1, 0.15) is 11.1 Å². The van der Waals surface area contributed by atoms with Gasteiger partial charge in [-0.3, -0.25) is 4.79 Å². The second kappa shape index (κ2) is 8.84. The summed E-state index contributed by atoms with van der Waals surface area (Å²) in [5, 5.41) is 11.6. The number of alkyl halides is 3. The zero-order valence-electron chi connectivity index (χ0n) is 15.3. The van der Waals surface area contributed by atoms with Crippen LogP contribution >= 0.6 is 0 Å². The molecule has 1 amide bonds. The molecule has 0 aromatic heterocycles. The molecule has 0 radical (unpaired) electrons. The number of nitrogens with zero attached hydrogens (tertiary/aromatic N) is 2. The van der Waals surface area contributed by atoms with Crippen LogP contribution in [0.4, 0.5) is 24.5 Å². The van der Waals surface area contributed by atoms with Crippen LogP contribution in [0.25, 0.3) is 0 Å². The van der Waals surface area contributed by atoms with E-state index in [2.05, 4.69) is 5.32 Å². The Labute approximate surface area is 165 Å². The minimum atomic E-state index is -4.54. The van der Waals surface area contributed by atoms with Crippen molar-refractivity contribution in [3.05, 3.63) is 53.6 Å². The van der Waals surface area contributed by atoms with E-state index in [0.717, 1.165) is 12.1 Å². The molecular weight excluding hydrogens is 387 g/mol. The van der Waals surface area contributed by atoms with Gasteiger partial charge < -0.3 is 19.7 Å². The predicted octanol–water partition coefficient (Wildman–Crippen LogP) is 3.43. The van der Waals surface area contributed by atoms with E-state index in [1.807, 2.05) is 11.0 Å². The van der Waals surface area contributed by atoms with Crippen LogP contribution in [0.3, 0.4) is 0 Å². The number of ether oxygens (including phenoxy) is 2. The molecule has 1 saturated heterocycles. The number of hydrogen-bond donors (Lipinski definition) is 1. The van der Waals surface area contributed by atoms with Gasteiger partial charge in [0, 0.05) is 13.1 Å². The standard InChI is InChI=1S/C20H18F3N3O3/c21-20(22,23)15-5-6-17(26-7-9-28-10-8-26)16(11-15)25-19(27)13-29-18-4-2-1-3-14(18)12-24/h1-6,11H,7-10,13H2,(H,25,27). The molecule has 0 unspecified atom stereocenters. The molecule has 0 bridgehead atoms. The first-order valence-corrected chi connectivity index (χ1v) is 8.84. The average molecular weight is 405 g/mol. The van der Waals surface area contributed by atoms with Crippen molar-refractivity contribution >= 4 is 17.3 Å². The Balaban J connectivity index is 1.78. The summed E-state index contributed by atoms with van der Waals surface area (Å²) < 4.78 is 50.0. The molecule has 1 N–H and O–H groups in total. The summed E-state index contributed by atoms with van der Waals surface area (Å²) in [5.74, 6) is -0.408. The molecule has 2 aromatic rings. The lowest BCUT2D eigenvalue weighted by atomic mass is 10.1. The first-order chi connectivity index (χ1) is 13.9. The van der Waals surface area contributed by atoms with Crippen LogP contribution in [0.15, 0.2) is 42.5 Å². The quantitative estimate of drug-likeness (QED) is 0.825. The second-order valence-electron chi connectivity index (χ2n) is 6.27. The number of nitrogens with one attached hydrogen (secondary N) is 1. The zero-order chi connectivity index (χ0) is 20.9. The Bertz CT molecular complexity index is 919. The highest BCUT2D eigenvalue weighted by molar-refractivity contribution is 5.95. The summed E-state index contributed by atoms with van der Waals surface area (Å²) in [6.07, 6.45) is -4.54. The van der Waals surface area contributed by atoms with Gasteiger partial charge in [-0.1, -0.05) is 12.1 Å². The Kier molecular flexibility index (Phi) is 6.24. The first-order valence-electron chi connectivity index (χ1n) is 8.84. The highest BCUT2D eigenvalue weighted by Crippen LogP contribution is 2.35. The van der Waals surface area contributed by atoms with E-state index in [9.17, 15) is 18.0 Å². The summed E-state index contributed by atoms with van der Waals surface area (Å²) in [6.45, 7) is 1.45. The molecule has 0 aliphatic carbocycles. The fourth-order valence-corrected chi connectivity index (χ4v) is 2.91. The van der Waals surface area contributed by atoms with Gasteiger partial charge in [-0.25, -0.2) is 0 Å². The molecule has 3 rings (SSSR count). The number of carbonyl (C=O) groups is 1. The first kappa shape index (κ1) is 20.5. The van der Waals surface area contributed by atoms with E-state index in [1.54, 1.807) is 12.1 Å². The van der Waals surface area contributed by atoms with Crippen molar-refractivity contribution < 1.29 is 27.4 Å². The fourth-order valence-electron chi connectivity index (χ4n) is 2.91. The maximum atomic E-state index is 13.1. The summed E-state index contributed by atoms with van der Waals surface area (Å²) in [7, 11) is 0. The summed E-state index contributed by atoms with van der Waals surface area (Å²) in [6, 6.07) is 11.6. The molecule has 9 heteroatoms. The monoisotopic (exact) mass is 405 g/mol. The van der Waals surface area contributed by atoms with Gasteiger partial charge in [0.2, 0.25) is 0 Å². The Morgan fingerprint density at radius 1 is 1.21 bits per heavy atom. The minimum absolute atomic E-state index is 0.0453. The van der Waals surface area contributed by atoms with Crippen molar-refractivity contribution in [3.8, 4) is 11.8 Å². The van der Waals surface area contributed by atoms with Crippen molar-refractivity contribution in [2.75, 3.05) is 43.1 Å². The summed E-state index contributed by atoms with van der Waals surface area (Å²) in [4.78, 5) is 14.2. The number of halogens is 3. The number of amides is 1. The Morgan fingerprint density at radius 3 is 2.62 bits per heavy atom. The summed E-state index contributed by atoms with van der Waals surface area (Å²) in [5.41, 5.74) is -0.0788. The van der Waals surface area contributed by atoms with Gasteiger partial charge in [-0.2, -0.15) is 18.4 Å². The second-order valence-corrected chi connectivity index (χ2v) is 6.27. The van der Waals surface area contributed by atoms with E-state index in [-0.39, 0.29) is 17.0 Å². The van der Waals surface area contributed by atoms with Gasteiger partial charge in [-0.15, -0.1) is 0 Å². The van der Waals surface area contributed by atoms with Gasteiger partial charge in [0.15, 0.2) is 6.61 Å². The molecule has 6 nitrogen and oxygen atoms in total. The lowest BCUT2D eigenvalue weighted by Gasteiger charge is -2.31. The zero-order valence-corrected chi connectivity index (χ0v) is 15.3. The number of para-hydroxylation sites is 1. The van der Waals surface area contributed by atoms with E-state index >= 15 is 0 Å². The molecule has 152 valence electrons. The highest BCUT2D eigenvalue weighted by atomic mass is 19.4. The smallest absolute Gasteiger partial charge is 0.416 e. The number of nitriles is 1. The van der Waals surface area contributed by atoms with Crippen molar-refractivity contribution in [3.63, 3.8) is 0 Å². The molecule has 2 aromatic carbocycles. The third-order valence-electron chi connectivity index (χ3n) is 4.32. The SMILES string of the molecule is N#Cc1ccccc1OCC(=O)Nc1cc(C(F)(F)F)ccc1N1CCOCC1. The molecular formula is C20H18F3N3O3. The fraction of sp³-hybridized carbons (Fsp3) is 0.300. The van der Waals surface area contributed by atoms with Gasteiger partial charge in [-0.05, 0) is 30.3 Å². The molecule has 0 spiro atoms. The Morgan fingerprint density at radius 2 is 1.93 bits per heavy atom. The van der Waals surface area contributed by atoms with Crippen LogP contribution in [0.5, 0.6) is 5.75 Å². The van der Waals surface area contributed by atoms with Crippen LogP contribution in [-0.2, 0) is 15.7 Å². The van der Waals surface area contributed by atoms with Crippen molar-refractivity contribution in [1.82, 2.24) is 0 Å². The average Bonchev–Trinajstić information content (AvgIpc) is 2.72. The van der Waals surface area contributed by atoms with Gasteiger partial charge in [0.05, 0.1) is 35.7 Å². The molecule has 0 atom stereocenters. The topological polar surface area (TPSA) is 74.6 Å². The summed E-state index contributed by atoms with van der Waals surface area (Å²) >= 11 is 0.